The number of nitrogens with zero attached hydrogens (tertiary/aromatic N) is 6. The van der Waals surface area contributed by atoms with Gasteiger partial charge < -0.3 is 16.0 Å². The smallest absolute Gasteiger partial charge is 0.263 e. The second-order valence-corrected chi connectivity index (χ2v) is 12.6. The molecule has 3 aromatic rings. The van der Waals surface area contributed by atoms with Gasteiger partial charge in [0.15, 0.2) is 5.13 Å². The van der Waals surface area contributed by atoms with Gasteiger partial charge in [0.2, 0.25) is 11.8 Å². The number of fused-ring (bicyclic) bond motifs is 1. The van der Waals surface area contributed by atoms with Crippen LogP contribution in [0.2, 0.25) is 0 Å². The number of amides is 5. The van der Waals surface area contributed by atoms with Crippen LogP contribution in [-0.2, 0) is 9.59 Å². The van der Waals surface area contributed by atoms with Crippen LogP contribution in [0.25, 0.3) is 0 Å². The highest BCUT2D eigenvalue weighted by Crippen LogP contribution is 2.34. The molecule has 1 unspecified atom stereocenters. The molecule has 2 aromatic heterocycles. The summed E-state index contributed by atoms with van der Waals surface area (Å²) in [5, 5.41) is 5.87. The van der Waals surface area contributed by atoms with E-state index in [2.05, 4.69) is 35.4 Å². The van der Waals surface area contributed by atoms with Gasteiger partial charge in [-0.15, -0.1) is 11.8 Å². The second kappa shape index (κ2) is 12.3. The predicted molar refractivity (Wildman–Crippen MR) is 163 cm³/mol. The molecule has 44 heavy (non-hydrogen) atoms. The Morgan fingerprint density at radius 1 is 1.14 bits per heavy atom. The number of thiazole rings is 1. The highest BCUT2D eigenvalue weighted by molar-refractivity contribution is 7.99. The first-order chi connectivity index (χ1) is 21.2. The number of carbonyl (C=O) groups excluding carboxylic acids is 5. The second-order valence-electron chi connectivity index (χ2n) is 10.5. The Balaban J connectivity index is 1.03. The van der Waals surface area contributed by atoms with Gasteiger partial charge in [-0.1, -0.05) is 17.4 Å². The van der Waals surface area contributed by atoms with E-state index in [0.717, 1.165) is 54.8 Å². The SMILES string of the molecule is Cc1nc(Nc2ncc(C(N)=O)s2)cc(N2CCN(CCSc3cccc4c3C(=O)N(C3CCC(=O)NC3=O)C4=O)CC2)n1. The number of piperidine rings is 1. The fourth-order valence-electron chi connectivity index (χ4n) is 5.42. The van der Waals surface area contributed by atoms with E-state index in [4.69, 9.17) is 5.73 Å². The van der Waals surface area contributed by atoms with Crippen molar-refractivity contribution in [2.75, 3.05) is 48.7 Å². The molecule has 5 heterocycles. The largest absolute Gasteiger partial charge is 0.365 e. The summed E-state index contributed by atoms with van der Waals surface area (Å²) in [6.07, 6.45) is 1.64. The number of carbonyl (C=O) groups is 5. The van der Waals surface area contributed by atoms with E-state index in [-0.39, 0.29) is 18.4 Å². The Morgan fingerprint density at radius 2 is 1.93 bits per heavy atom. The maximum absolute atomic E-state index is 13.3. The Kier molecular flexibility index (Phi) is 8.29. The zero-order chi connectivity index (χ0) is 31.0. The molecule has 1 aromatic carbocycles. The fraction of sp³-hybridized carbons (Fsp3) is 0.357. The molecule has 0 radical (unpaired) electrons. The van der Waals surface area contributed by atoms with E-state index < -0.39 is 35.6 Å². The lowest BCUT2D eigenvalue weighted by atomic mass is 10.0. The van der Waals surface area contributed by atoms with Crippen molar-refractivity contribution in [1.82, 2.24) is 30.1 Å². The minimum absolute atomic E-state index is 0.0827. The number of anilines is 3. The van der Waals surface area contributed by atoms with Crippen LogP contribution in [0.5, 0.6) is 0 Å². The van der Waals surface area contributed by atoms with E-state index in [1.165, 1.54) is 18.0 Å². The van der Waals surface area contributed by atoms with Gasteiger partial charge >= 0.3 is 0 Å². The van der Waals surface area contributed by atoms with Crippen molar-refractivity contribution in [2.45, 2.75) is 30.7 Å². The average molecular weight is 636 g/mol. The zero-order valence-electron chi connectivity index (χ0n) is 23.7. The summed E-state index contributed by atoms with van der Waals surface area (Å²) in [5.74, 6) is 0.147. The molecule has 5 amide bonds. The number of aromatic nitrogens is 3. The van der Waals surface area contributed by atoms with Crippen molar-refractivity contribution >= 4 is 69.4 Å². The van der Waals surface area contributed by atoms with Crippen molar-refractivity contribution in [3.8, 4) is 0 Å². The quantitative estimate of drug-likeness (QED) is 0.227. The molecule has 1 atom stereocenters. The summed E-state index contributed by atoms with van der Waals surface area (Å²) in [7, 11) is 0. The van der Waals surface area contributed by atoms with Crippen LogP contribution < -0.4 is 21.3 Å². The van der Waals surface area contributed by atoms with Gasteiger partial charge in [0, 0.05) is 55.9 Å². The van der Waals surface area contributed by atoms with E-state index in [9.17, 15) is 24.0 Å². The highest BCUT2D eigenvalue weighted by Gasteiger charge is 2.45. The van der Waals surface area contributed by atoms with Crippen molar-refractivity contribution in [1.29, 1.82) is 0 Å². The number of benzene rings is 1. The molecule has 6 rings (SSSR count). The molecule has 3 aliphatic rings. The summed E-state index contributed by atoms with van der Waals surface area (Å²) < 4.78 is 0. The van der Waals surface area contributed by atoms with Crippen LogP contribution in [0.4, 0.5) is 16.8 Å². The Morgan fingerprint density at radius 3 is 2.66 bits per heavy atom. The number of primary amides is 1. The normalized spacial score (nSPS) is 18.9. The van der Waals surface area contributed by atoms with Gasteiger partial charge in [-0.05, 0) is 25.5 Å². The van der Waals surface area contributed by atoms with Crippen molar-refractivity contribution in [3.05, 3.63) is 52.3 Å². The van der Waals surface area contributed by atoms with Crippen LogP contribution in [-0.4, -0.2) is 98.8 Å². The Hall–Kier alpha value is -4.41. The van der Waals surface area contributed by atoms with E-state index in [1.807, 2.05) is 19.1 Å². The third-order valence-electron chi connectivity index (χ3n) is 7.60. The van der Waals surface area contributed by atoms with Gasteiger partial charge in [0.25, 0.3) is 17.7 Å². The molecule has 2 fully saturated rings. The van der Waals surface area contributed by atoms with E-state index >= 15 is 0 Å². The first kappa shape index (κ1) is 29.7. The van der Waals surface area contributed by atoms with Crippen LogP contribution in [0.1, 0.15) is 49.1 Å². The standard InChI is InChI=1S/C28H29N9O5S2/c1-15-31-20(33-28-30-14-19(44-28)24(29)39)13-21(32-15)36-9-7-35(8-10-36)11-12-43-18-4-2-3-16-23(18)27(42)37(26(16)41)17-5-6-22(38)34-25(17)40/h2-4,13-14,17H,5-12H2,1H3,(H2,29,39)(H,34,38,40)(H,30,31,32,33). The molecule has 14 nitrogen and oxygen atoms in total. The summed E-state index contributed by atoms with van der Waals surface area (Å²) >= 11 is 2.67. The fourth-order valence-corrected chi connectivity index (χ4v) is 7.18. The predicted octanol–water partition coefficient (Wildman–Crippen LogP) is 1.40. The number of hydrogen-bond acceptors (Lipinski definition) is 13. The van der Waals surface area contributed by atoms with Gasteiger partial charge in [0.1, 0.15) is 28.4 Å². The van der Waals surface area contributed by atoms with Crippen LogP contribution in [0.3, 0.4) is 0 Å². The number of thioether (sulfide) groups is 1. The zero-order valence-corrected chi connectivity index (χ0v) is 25.4. The van der Waals surface area contributed by atoms with Crippen molar-refractivity contribution in [3.63, 3.8) is 0 Å². The summed E-state index contributed by atoms with van der Waals surface area (Å²) in [6.45, 7) is 5.75. The van der Waals surface area contributed by atoms with Crippen molar-refractivity contribution < 1.29 is 24.0 Å². The molecular formula is C28H29N9O5S2. The van der Waals surface area contributed by atoms with Crippen molar-refractivity contribution in [2.24, 2.45) is 5.73 Å². The molecule has 16 heteroatoms. The maximum atomic E-state index is 13.3. The molecule has 0 aliphatic carbocycles. The number of rotatable bonds is 9. The van der Waals surface area contributed by atoms with Crippen LogP contribution >= 0.6 is 23.1 Å². The molecule has 228 valence electrons. The van der Waals surface area contributed by atoms with Crippen LogP contribution in [0, 0.1) is 6.92 Å². The first-order valence-electron chi connectivity index (χ1n) is 14.0. The third-order valence-corrected chi connectivity index (χ3v) is 9.56. The molecule has 3 aliphatic heterocycles. The lowest BCUT2D eigenvalue weighted by molar-refractivity contribution is -0.136. The average Bonchev–Trinajstić information content (AvgIpc) is 3.56. The lowest BCUT2D eigenvalue weighted by Crippen LogP contribution is -2.54. The lowest BCUT2D eigenvalue weighted by Gasteiger charge is -2.35. The molecule has 2 saturated heterocycles. The minimum Gasteiger partial charge on any atom is -0.365 e. The minimum atomic E-state index is -0.984. The number of piperazine rings is 1. The summed E-state index contributed by atoms with van der Waals surface area (Å²) in [6, 6.07) is 6.05. The van der Waals surface area contributed by atoms with Gasteiger partial charge in [0.05, 0.1) is 17.3 Å². The number of nitrogens with two attached hydrogens (primary N) is 1. The Labute approximate surface area is 260 Å². The molecule has 0 bridgehead atoms. The van der Waals surface area contributed by atoms with Gasteiger partial charge in [-0.2, -0.15) is 0 Å². The van der Waals surface area contributed by atoms with Crippen LogP contribution in [0.15, 0.2) is 35.4 Å². The van der Waals surface area contributed by atoms with E-state index in [1.54, 1.807) is 12.1 Å². The number of hydrogen-bond donors (Lipinski definition) is 3. The first-order valence-corrected chi connectivity index (χ1v) is 15.8. The monoisotopic (exact) mass is 635 g/mol. The molecule has 4 N–H and O–H groups in total. The number of imide groups is 2. The third kappa shape index (κ3) is 6.00. The summed E-state index contributed by atoms with van der Waals surface area (Å²) in [4.78, 5) is 81.6. The number of aryl methyl sites for hydroxylation is 1. The number of nitrogens with one attached hydrogen (secondary N) is 2. The topological polar surface area (TPSA) is 184 Å². The summed E-state index contributed by atoms with van der Waals surface area (Å²) in [5.41, 5.74) is 5.94. The molecule has 0 spiro atoms. The molecular weight excluding hydrogens is 607 g/mol. The molecule has 0 saturated carbocycles. The highest BCUT2D eigenvalue weighted by atomic mass is 32.2. The van der Waals surface area contributed by atoms with Gasteiger partial charge in [-0.25, -0.2) is 15.0 Å². The Bertz CT molecular complexity index is 1670. The van der Waals surface area contributed by atoms with Gasteiger partial charge in [-0.3, -0.25) is 39.1 Å². The van der Waals surface area contributed by atoms with E-state index in [0.29, 0.717) is 37.9 Å². The maximum Gasteiger partial charge on any atom is 0.263 e.